The molecular weight excluding hydrogens is 381 g/mol. The van der Waals surface area contributed by atoms with Gasteiger partial charge in [-0.15, -0.1) is 0 Å². The second-order valence-electron chi connectivity index (χ2n) is 5.26. The Morgan fingerprint density at radius 3 is 2.15 bits per heavy atom. The highest BCUT2D eigenvalue weighted by Crippen LogP contribution is 2.24. The summed E-state index contributed by atoms with van der Waals surface area (Å²) in [4.78, 5) is 23.7. The van der Waals surface area contributed by atoms with Crippen LogP contribution in [0.15, 0.2) is 41.3 Å². The van der Waals surface area contributed by atoms with Crippen LogP contribution in [0.4, 0.5) is 4.39 Å². The van der Waals surface area contributed by atoms with E-state index in [9.17, 15) is 22.4 Å². The molecule has 0 fully saturated rings. The molecular formula is C17H16FNO7S. The van der Waals surface area contributed by atoms with Gasteiger partial charge < -0.3 is 14.2 Å². The molecule has 0 bridgehead atoms. The van der Waals surface area contributed by atoms with E-state index in [2.05, 4.69) is 0 Å². The number of halogens is 1. The number of hydrogen-bond donors (Lipinski definition) is 1. The maximum atomic E-state index is 13.6. The van der Waals surface area contributed by atoms with Crippen molar-refractivity contribution in [2.75, 3.05) is 20.8 Å². The molecule has 10 heteroatoms. The van der Waals surface area contributed by atoms with E-state index in [0.29, 0.717) is 0 Å². The smallest absolute Gasteiger partial charge is 0.338 e. The number of sulfonamides is 1. The van der Waals surface area contributed by atoms with Crippen molar-refractivity contribution in [1.29, 1.82) is 0 Å². The minimum Gasteiger partial charge on any atom is -0.495 e. The van der Waals surface area contributed by atoms with Crippen LogP contribution in [0.25, 0.3) is 0 Å². The monoisotopic (exact) mass is 397 g/mol. The van der Waals surface area contributed by atoms with Crippen LogP contribution in [-0.2, 0) is 14.8 Å². The summed E-state index contributed by atoms with van der Waals surface area (Å²) in [6.07, 6.45) is 0. The lowest BCUT2D eigenvalue weighted by Crippen LogP contribution is -2.17. The predicted octanol–water partition coefficient (Wildman–Crippen LogP) is 1.53. The van der Waals surface area contributed by atoms with Crippen LogP contribution in [-0.4, -0.2) is 41.0 Å². The van der Waals surface area contributed by atoms with E-state index in [0.717, 1.165) is 12.1 Å². The summed E-state index contributed by atoms with van der Waals surface area (Å²) in [6.45, 7) is -0.665. The van der Waals surface area contributed by atoms with E-state index in [1.54, 1.807) is 0 Å². The predicted molar refractivity (Wildman–Crippen MR) is 91.9 cm³/mol. The van der Waals surface area contributed by atoms with Crippen molar-refractivity contribution in [2.24, 2.45) is 5.14 Å². The number of nitrogens with two attached hydrogens (primary N) is 1. The number of ether oxygens (including phenoxy) is 3. The van der Waals surface area contributed by atoms with Gasteiger partial charge in [-0.25, -0.2) is 22.7 Å². The maximum Gasteiger partial charge on any atom is 0.338 e. The van der Waals surface area contributed by atoms with Crippen LogP contribution < -0.4 is 14.6 Å². The van der Waals surface area contributed by atoms with Crippen molar-refractivity contribution in [1.82, 2.24) is 0 Å². The largest absolute Gasteiger partial charge is 0.495 e. The van der Waals surface area contributed by atoms with E-state index < -0.39 is 39.1 Å². The van der Waals surface area contributed by atoms with E-state index in [1.165, 1.54) is 38.5 Å². The van der Waals surface area contributed by atoms with Gasteiger partial charge in [-0.3, -0.25) is 4.79 Å². The normalized spacial score (nSPS) is 11.0. The first-order valence-corrected chi connectivity index (χ1v) is 8.96. The molecule has 2 N–H and O–H groups in total. The van der Waals surface area contributed by atoms with Crippen molar-refractivity contribution in [3.05, 3.63) is 53.3 Å². The van der Waals surface area contributed by atoms with Gasteiger partial charge in [-0.1, -0.05) is 0 Å². The van der Waals surface area contributed by atoms with Gasteiger partial charge in [-0.2, -0.15) is 0 Å². The highest BCUT2D eigenvalue weighted by molar-refractivity contribution is 7.89. The SMILES string of the molecule is COc1ccc(C(=O)COC(=O)c2ccc(OC)c(S(N)(=O)=O)c2)cc1F. The number of rotatable bonds is 7. The third-order valence-electron chi connectivity index (χ3n) is 3.51. The number of methoxy groups -OCH3 is 2. The third kappa shape index (κ3) is 4.80. The topological polar surface area (TPSA) is 122 Å². The van der Waals surface area contributed by atoms with Gasteiger partial charge >= 0.3 is 5.97 Å². The number of Topliss-reactive ketones (excluding diaryl/α,β-unsaturated/α-hetero) is 1. The van der Waals surface area contributed by atoms with Crippen molar-refractivity contribution in [2.45, 2.75) is 4.90 Å². The Kier molecular flexibility index (Phi) is 6.13. The Morgan fingerprint density at radius 2 is 1.59 bits per heavy atom. The highest BCUT2D eigenvalue weighted by atomic mass is 32.2. The Balaban J connectivity index is 2.14. The number of carbonyl (C=O) groups is 2. The summed E-state index contributed by atoms with van der Waals surface area (Å²) in [7, 11) is -1.61. The Hall–Kier alpha value is -2.98. The molecule has 0 aromatic heterocycles. The molecule has 0 saturated carbocycles. The Labute approximate surface area is 154 Å². The van der Waals surface area contributed by atoms with Crippen LogP contribution in [0.2, 0.25) is 0 Å². The maximum absolute atomic E-state index is 13.6. The zero-order valence-electron chi connectivity index (χ0n) is 14.4. The van der Waals surface area contributed by atoms with E-state index in [4.69, 9.17) is 19.3 Å². The van der Waals surface area contributed by atoms with Gasteiger partial charge in [0.25, 0.3) is 0 Å². The number of primary sulfonamides is 1. The number of hydrogen-bond acceptors (Lipinski definition) is 7. The number of benzene rings is 2. The van der Waals surface area contributed by atoms with Crippen molar-refractivity contribution < 1.29 is 36.6 Å². The second kappa shape index (κ2) is 8.14. The molecule has 2 aromatic carbocycles. The van der Waals surface area contributed by atoms with Gasteiger partial charge in [0.1, 0.15) is 10.6 Å². The summed E-state index contributed by atoms with van der Waals surface area (Å²) in [5.74, 6) is -2.41. The van der Waals surface area contributed by atoms with Crippen LogP contribution in [0.5, 0.6) is 11.5 Å². The minimum absolute atomic E-state index is 0.0129. The fourth-order valence-corrected chi connectivity index (χ4v) is 2.89. The summed E-state index contributed by atoms with van der Waals surface area (Å²) in [5.41, 5.74) is -0.158. The summed E-state index contributed by atoms with van der Waals surface area (Å²) >= 11 is 0. The first-order valence-electron chi connectivity index (χ1n) is 7.42. The summed E-state index contributed by atoms with van der Waals surface area (Å²) in [5, 5.41) is 5.08. The minimum atomic E-state index is -4.14. The van der Waals surface area contributed by atoms with Crippen molar-refractivity contribution >= 4 is 21.8 Å². The van der Waals surface area contributed by atoms with Crippen LogP contribution in [0, 0.1) is 5.82 Å². The molecule has 0 heterocycles. The first kappa shape index (κ1) is 20.3. The molecule has 0 aliphatic heterocycles. The molecule has 2 aromatic rings. The average Bonchev–Trinajstić information content (AvgIpc) is 2.64. The molecule has 0 aliphatic rings. The van der Waals surface area contributed by atoms with E-state index in [1.807, 2.05) is 0 Å². The lowest BCUT2D eigenvalue weighted by atomic mass is 10.1. The van der Waals surface area contributed by atoms with Gasteiger partial charge in [0, 0.05) is 5.56 Å². The molecule has 8 nitrogen and oxygen atoms in total. The average molecular weight is 397 g/mol. The molecule has 0 unspecified atom stereocenters. The highest BCUT2D eigenvalue weighted by Gasteiger charge is 2.20. The van der Waals surface area contributed by atoms with Crippen molar-refractivity contribution in [3.63, 3.8) is 0 Å². The lowest BCUT2D eigenvalue weighted by Gasteiger charge is -2.09. The lowest BCUT2D eigenvalue weighted by molar-refractivity contribution is 0.0474. The molecule has 0 amide bonds. The van der Waals surface area contributed by atoms with Crippen LogP contribution in [0.3, 0.4) is 0 Å². The van der Waals surface area contributed by atoms with E-state index >= 15 is 0 Å². The molecule has 0 saturated heterocycles. The van der Waals surface area contributed by atoms with Gasteiger partial charge in [0.2, 0.25) is 10.0 Å². The zero-order valence-corrected chi connectivity index (χ0v) is 15.2. The number of carbonyl (C=O) groups excluding carboxylic acids is 2. The second-order valence-corrected chi connectivity index (χ2v) is 6.79. The standard InChI is InChI=1S/C17H16FNO7S/c1-24-14-5-3-10(7-12(14)18)13(20)9-26-17(21)11-4-6-15(25-2)16(8-11)27(19,22)23/h3-8H,9H2,1-2H3,(H2,19,22,23). The van der Waals surface area contributed by atoms with Gasteiger partial charge in [0.15, 0.2) is 24.0 Å². The molecule has 0 radical (unpaired) electrons. The fourth-order valence-electron chi connectivity index (χ4n) is 2.16. The third-order valence-corrected chi connectivity index (χ3v) is 4.45. The molecule has 0 aliphatic carbocycles. The molecule has 0 spiro atoms. The summed E-state index contributed by atoms with van der Waals surface area (Å²) in [6, 6.07) is 7.02. The van der Waals surface area contributed by atoms with Gasteiger partial charge in [-0.05, 0) is 36.4 Å². The summed E-state index contributed by atoms with van der Waals surface area (Å²) < 4.78 is 51.3. The van der Waals surface area contributed by atoms with Crippen LogP contribution >= 0.6 is 0 Å². The Bertz CT molecular complexity index is 989. The quantitative estimate of drug-likeness (QED) is 0.555. The number of ketones is 1. The first-order chi connectivity index (χ1) is 12.7. The Morgan fingerprint density at radius 1 is 1.00 bits per heavy atom. The van der Waals surface area contributed by atoms with E-state index in [-0.39, 0.29) is 22.6 Å². The fraction of sp³-hybridized carbons (Fsp3) is 0.176. The van der Waals surface area contributed by atoms with Crippen LogP contribution in [0.1, 0.15) is 20.7 Å². The van der Waals surface area contributed by atoms with Crippen molar-refractivity contribution in [3.8, 4) is 11.5 Å². The number of esters is 1. The molecule has 144 valence electrons. The van der Waals surface area contributed by atoms with Gasteiger partial charge in [0.05, 0.1) is 19.8 Å². The molecule has 27 heavy (non-hydrogen) atoms. The molecule has 0 atom stereocenters. The molecule has 2 rings (SSSR count). The zero-order chi connectivity index (χ0) is 20.2.